The zero-order chi connectivity index (χ0) is 12.0. The van der Waals surface area contributed by atoms with Gasteiger partial charge in [-0.25, -0.2) is 0 Å². The second-order valence-electron chi connectivity index (χ2n) is 4.58. The summed E-state index contributed by atoms with van der Waals surface area (Å²) in [6, 6.07) is 7.97. The summed E-state index contributed by atoms with van der Waals surface area (Å²) in [5, 5.41) is 0. The second kappa shape index (κ2) is 5.87. The molecule has 0 aromatic heterocycles. The molecule has 0 saturated heterocycles. The van der Waals surface area contributed by atoms with Gasteiger partial charge >= 0.3 is 0 Å². The van der Waals surface area contributed by atoms with Crippen molar-refractivity contribution >= 4 is 0 Å². The van der Waals surface area contributed by atoms with Crippen LogP contribution in [0.3, 0.4) is 0 Å². The Morgan fingerprint density at radius 3 is 2.50 bits per heavy atom. The van der Waals surface area contributed by atoms with Gasteiger partial charge in [-0.1, -0.05) is 18.2 Å². The molecule has 1 aromatic carbocycles. The molecule has 0 bridgehead atoms. The fraction of sp³-hybridized carbons (Fsp3) is 0.538. The molecule has 0 unspecified atom stereocenters. The number of hydrogen-bond acceptors (Lipinski definition) is 3. The lowest BCUT2D eigenvalue weighted by Crippen LogP contribution is -2.28. The number of ether oxygens (including phenoxy) is 1. The third-order valence-corrected chi connectivity index (χ3v) is 1.91. The maximum absolute atomic E-state index is 5.52. The van der Waals surface area contributed by atoms with Gasteiger partial charge in [-0.3, -0.25) is 4.84 Å². The van der Waals surface area contributed by atoms with E-state index in [1.54, 1.807) is 0 Å². The molecule has 0 aliphatic heterocycles. The summed E-state index contributed by atoms with van der Waals surface area (Å²) in [5.74, 6) is 0.912. The molecule has 0 heterocycles. The molecular formula is C13H21NO2. The topological polar surface area (TPSA) is 30.5 Å². The smallest absolute Gasteiger partial charge is 0.123 e. The molecule has 0 atom stereocenters. The van der Waals surface area contributed by atoms with Crippen LogP contribution in [0.4, 0.5) is 0 Å². The maximum Gasteiger partial charge on any atom is 0.123 e. The third kappa shape index (κ3) is 4.64. The van der Waals surface area contributed by atoms with Crippen LogP contribution in [-0.2, 0) is 11.4 Å². The summed E-state index contributed by atoms with van der Waals surface area (Å²) in [6.45, 7) is 9.33. The molecule has 1 rings (SSSR count). The van der Waals surface area contributed by atoms with Gasteiger partial charge in [0.25, 0.3) is 0 Å². The van der Waals surface area contributed by atoms with Gasteiger partial charge in [-0.05, 0) is 33.8 Å². The highest BCUT2D eigenvalue weighted by Gasteiger charge is 2.10. The number of benzene rings is 1. The van der Waals surface area contributed by atoms with Gasteiger partial charge in [0.2, 0.25) is 0 Å². The minimum Gasteiger partial charge on any atom is -0.494 e. The molecule has 0 aliphatic rings. The van der Waals surface area contributed by atoms with Crippen LogP contribution in [0.25, 0.3) is 0 Å². The Morgan fingerprint density at radius 2 is 1.88 bits per heavy atom. The van der Waals surface area contributed by atoms with Crippen molar-refractivity contribution in [2.24, 2.45) is 0 Å². The summed E-state index contributed by atoms with van der Waals surface area (Å²) in [6.07, 6.45) is 0. The molecule has 0 aliphatic carbocycles. The molecule has 1 N–H and O–H groups in total. The van der Waals surface area contributed by atoms with Crippen molar-refractivity contribution < 1.29 is 9.57 Å². The average Bonchev–Trinajstić information content (AvgIpc) is 2.19. The van der Waals surface area contributed by atoms with E-state index in [1.807, 2.05) is 52.0 Å². The van der Waals surface area contributed by atoms with Crippen molar-refractivity contribution in [1.82, 2.24) is 5.48 Å². The highest BCUT2D eigenvalue weighted by Crippen LogP contribution is 2.17. The first-order valence-electron chi connectivity index (χ1n) is 5.64. The van der Waals surface area contributed by atoms with Crippen LogP contribution in [0.2, 0.25) is 0 Å². The van der Waals surface area contributed by atoms with Crippen molar-refractivity contribution in [3.63, 3.8) is 0 Å². The predicted octanol–water partition coefficient (Wildman–Crippen LogP) is 2.91. The minimum absolute atomic E-state index is 0.180. The summed E-state index contributed by atoms with van der Waals surface area (Å²) in [4.78, 5) is 5.46. The van der Waals surface area contributed by atoms with Crippen molar-refractivity contribution in [2.45, 2.75) is 39.8 Å². The molecule has 90 valence electrons. The lowest BCUT2D eigenvalue weighted by Gasteiger charge is -2.20. The maximum atomic E-state index is 5.52. The summed E-state index contributed by atoms with van der Waals surface area (Å²) in [5.41, 5.74) is 3.89. The Balaban J connectivity index is 2.52. The zero-order valence-corrected chi connectivity index (χ0v) is 10.5. The van der Waals surface area contributed by atoms with Crippen molar-refractivity contribution in [1.29, 1.82) is 0 Å². The first kappa shape index (κ1) is 13.0. The third-order valence-electron chi connectivity index (χ3n) is 1.91. The quantitative estimate of drug-likeness (QED) is 0.779. The molecule has 1 aromatic rings. The van der Waals surface area contributed by atoms with Gasteiger partial charge in [-0.2, -0.15) is 5.48 Å². The molecular weight excluding hydrogens is 202 g/mol. The summed E-state index contributed by atoms with van der Waals surface area (Å²) < 4.78 is 5.52. The van der Waals surface area contributed by atoms with Gasteiger partial charge in [0.15, 0.2) is 0 Å². The molecule has 3 heteroatoms. The molecule has 0 fully saturated rings. The predicted molar refractivity (Wildman–Crippen MR) is 65.3 cm³/mol. The minimum atomic E-state index is -0.180. The van der Waals surface area contributed by atoms with Gasteiger partial charge in [-0.15, -0.1) is 0 Å². The lowest BCUT2D eigenvalue weighted by atomic mass is 10.2. The highest BCUT2D eigenvalue weighted by molar-refractivity contribution is 5.32. The molecule has 3 nitrogen and oxygen atoms in total. The first-order valence-corrected chi connectivity index (χ1v) is 5.64. The van der Waals surface area contributed by atoms with Crippen LogP contribution in [-0.4, -0.2) is 12.2 Å². The monoisotopic (exact) mass is 223 g/mol. The molecule has 0 spiro atoms. The van der Waals surface area contributed by atoms with Crippen molar-refractivity contribution in [3.05, 3.63) is 29.8 Å². The number of hydrogen-bond donors (Lipinski definition) is 1. The normalized spacial score (nSPS) is 11.5. The average molecular weight is 223 g/mol. The largest absolute Gasteiger partial charge is 0.494 e. The van der Waals surface area contributed by atoms with Crippen LogP contribution in [0.15, 0.2) is 24.3 Å². The van der Waals surface area contributed by atoms with E-state index in [0.29, 0.717) is 13.2 Å². The van der Waals surface area contributed by atoms with Crippen LogP contribution < -0.4 is 10.2 Å². The number of rotatable bonds is 5. The van der Waals surface area contributed by atoms with E-state index in [-0.39, 0.29) is 5.60 Å². The fourth-order valence-corrected chi connectivity index (χ4v) is 1.28. The van der Waals surface area contributed by atoms with Crippen LogP contribution in [0, 0.1) is 0 Å². The first-order chi connectivity index (χ1) is 7.53. The van der Waals surface area contributed by atoms with E-state index >= 15 is 0 Å². The summed E-state index contributed by atoms with van der Waals surface area (Å²) >= 11 is 0. The van der Waals surface area contributed by atoms with Crippen molar-refractivity contribution in [3.8, 4) is 5.75 Å². The van der Waals surface area contributed by atoms with Crippen LogP contribution in [0.5, 0.6) is 5.75 Å². The molecule has 0 amide bonds. The Kier molecular flexibility index (Phi) is 4.77. The highest BCUT2D eigenvalue weighted by atomic mass is 16.7. The van der Waals surface area contributed by atoms with Crippen LogP contribution in [0.1, 0.15) is 33.3 Å². The second-order valence-corrected chi connectivity index (χ2v) is 4.58. The van der Waals surface area contributed by atoms with Gasteiger partial charge in [0.1, 0.15) is 5.75 Å². The number of nitrogens with one attached hydrogen (secondary N) is 1. The van der Waals surface area contributed by atoms with Crippen molar-refractivity contribution in [2.75, 3.05) is 6.61 Å². The van der Waals surface area contributed by atoms with E-state index in [1.165, 1.54) is 0 Å². The van der Waals surface area contributed by atoms with E-state index in [9.17, 15) is 0 Å². The van der Waals surface area contributed by atoms with Gasteiger partial charge in [0, 0.05) is 12.1 Å². The Morgan fingerprint density at radius 1 is 1.19 bits per heavy atom. The number of para-hydroxylation sites is 1. The zero-order valence-electron chi connectivity index (χ0n) is 10.5. The lowest BCUT2D eigenvalue weighted by molar-refractivity contribution is -0.0759. The summed E-state index contributed by atoms with van der Waals surface area (Å²) in [7, 11) is 0. The Labute approximate surface area is 97.7 Å². The van der Waals surface area contributed by atoms with E-state index < -0.39 is 0 Å². The SMILES string of the molecule is CCOc1ccccc1CNOC(C)(C)C. The van der Waals surface area contributed by atoms with Gasteiger partial charge < -0.3 is 4.74 Å². The van der Waals surface area contributed by atoms with Crippen LogP contribution >= 0.6 is 0 Å². The molecule has 0 radical (unpaired) electrons. The van der Waals surface area contributed by atoms with E-state index in [2.05, 4.69) is 5.48 Å². The Bertz CT molecular complexity index is 318. The van der Waals surface area contributed by atoms with Gasteiger partial charge in [0.05, 0.1) is 12.2 Å². The van der Waals surface area contributed by atoms with E-state index in [4.69, 9.17) is 9.57 Å². The number of hydroxylamine groups is 1. The standard InChI is InChI=1S/C13H21NO2/c1-5-15-12-9-7-6-8-11(12)10-14-16-13(2,3)4/h6-9,14H,5,10H2,1-4H3. The molecule has 0 saturated carbocycles. The fourth-order valence-electron chi connectivity index (χ4n) is 1.28. The van der Waals surface area contributed by atoms with E-state index in [0.717, 1.165) is 11.3 Å². The Hall–Kier alpha value is -1.06. The molecule has 16 heavy (non-hydrogen) atoms.